The highest BCUT2D eigenvalue weighted by Crippen LogP contribution is 2.35. The number of phenolic OH excluding ortho intramolecular Hbond substituents is 1. The van der Waals surface area contributed by atoms with Gasteiger partial charge in [-0.25, -0.2) is 8.78 Å². The summed E-state index contributed by atoms with van der Waals surface area (Å²) in [6.07, 6.45) is 0. The molecule has 3 aromatic rings. The van der Waals surface area contributed by atoms with Crippen LogP contribution < -0.4 is 10.6 Å². The summed E-state index contributed by atoms with van der Waals surface area (Å²) in [5.41, 5.74) is 0.296. The molecule has 0 saturated carbocycles. The van der Waals surface area contributed by atoms with Crippen molar-refractivity contribution in [2.75, 3.05) is 10.6 Å². The number of nitrogens with one attached hydrogen (secondary N) is 2. The molecule has 0 aromatic heterocycles. The normalized spacial score (nSPS) is 10.6. The van der Waals surface area contributed by atoms with Crippen molar-refractivity contribution in [1.82, 2.24) is 0 Å². The van der Waals surface area contributed by atoms with E-state index in [0.29, 0.717) is 16.7 Å². The van der Waals surface area contributed by atoms with Crippen LogP contribution in [0.15, 0.2) is 42.5 Å². The Balaban J connectivity index is 1.82. The lowest BCUT2D eigenvalue weighted by atomic mass is 10.1. The van der Waals surface area contributed by atoms with Crippen molar-refractivity contribution in [1.29, 1.82) is 0 Å². The van der Waals surface area contributed by atoms with Gasteiger partial charge in [-0.15, -0.1) is 0 Å². The van der Waals surface area contributed by atoms with E-state index in [2.05, 4.69) is 10.6 Å². The van der Waals surface area contributed by atoms with E-state index in [1.807, 2.05) is 0 Å². The number of hydrogen-bond acceptors (Lipinski definition) is 3. The number of aryl methyl sites for hydroxylation is 1. The molecule has 0 bridgehead atoms. The summed E-state index contributed by atoms with van der Waals surface area (Å²) in [4.78, 5) is 24.7. The Morgan fingerprint density at radius 2 is 1.55 bits per heavy atom. The fourth-order valence-electron chi connectivity index (χ4n) is 2.67. The minimum Gasteiger partial charge on any atom is -0.506 e. The van der Waals surface area contributed by atoms with E-state index in [-0.39, 0.29) is 27.0 Å². The summed E-state index contributed by atoms with van der Waals surface area (Å²) in [5, 5.41) is 15.5. The molecule has 0 aliphatic carbocycles. The first kappa shape index (κ1) is 22.8. The number of carbonyl (C=O) groups excluding carboxylic acids is 2. The van der Waals surface area contributed by atoms with E-state index < -0.39 is 34.8 Å². The summed E-state index contributed by atoms with van der Waals surface area (Å²) in [6, 6.07) is 7.65. The van der Waals surface area contributed by atoms with E-state index >= 15 is 0 Å². The Hall–Kier alpha value is -2.87. The van der Waals surface area contributed by atoms with Crippen LogP contribution in [0, 0.1) is 18.6 Å². The van der Waals surface area contributed by atoms with Crippen molar-refractivity contribution in [3.8, 4) is 5.75 Å². The highest BCUT2D eigenvalue weighted by molar-refractivity contribution is 6.42. The van der Waals surface area contributed by atoms with Crippen molar-refractivity contribution in [3.05, 3.63) is 85.9 Å². The minimum absolute atomic E-state index is 0.0373. The summed E-state index contributed by atoms with van der Waals surface area (Å²) in [6.45, 7) is 1.68. The fraction of sp³-hybridized carbons (Fsp3) is 0.0476. The number of aromatic hydroxyl groups is 1. The van der Waals surface area contributed by atoms with Crippen LogP contribution in [-0.4, -0.2) is 16.9 Å². The lowest BCUT2D eigenvalue weighted by Crippen LogP contribution is -2.15. The molecular formula is C21H13Cl3F2N2O3. The Labute approximate surface area is 190 Å². The van der Waals surface area contributed by atoms with Crippen molar-refractivity contribution in [2.45, 2.75) is 6.92 Å². The minimum atomic E-state index is -1.06. The summed E-state index contributed by atoms with van der Waals surface area (Å²) in [7, 11) is 0. The number of anilines is 2. The molecule has 0 fully saturated rings. The van der Waals surface area contributed by atoms with Crippen molar-refractivity contribution >= 4 is 58.0 Å². The molecular weight excluding hydrogens is 473 g/mol. The SMILES string of the molecule is Cc1cc(C(=O)Nc2cc(Cl)c(NC(=O)c3ccc(F)cc3F)cc2O)cc(Cl)c1Cl. The molecule has 0 aliphatic heterocycles. The molecule has 3 N–H and O–H groups in total. The largest absolute Gasteiger partial charge is 0.506 e. The van der Waals surface area contributed by atoms with Gasteiger partial charge in [0.15, 0.2) is 0 Å². The third kappa shape index (κ3) is 5.07. The van der Waals surface area contributed by atoms with Crippen LogP contribution in [-0.2, 0) is 0 Å². The number of phenols is 1. The molecule has 0 heterocycles. The smallest absolute Gasteiger partial charge is 0.258 e. The second-order valence-corrected chi connectivity index (χ2v) is 7.66. The molecule has 0 spiro atoms. The zero-order chi connectivity index (χ0) is 22.9. The second kappa shape index (κ2) is 9.09. The zero-order valence-corrected chi connectivity index (χ0v) is 18.0. The van der Waals surface area contributed by atoms with Gasteiger partial charge >= 0.3 is 0 Å². The molecule has 31 heavy (non-hydrogen) atoms. The van der Waals surface area contributed by atoms with Crippen LogP contribution in [0.1, 0.15) is 26.3 Å². The van der Waals surface area contributed by atoms with Crippen molar-refractivity contribution in [3.63, 3.8) is 0 Å². The average Bonchev–Trinajstić information content (AvgIpc) is 2.69. The predicted octanol–water partition coefficient (Wildman–Crippen LogP) is 6.44. The van der Waals surface area contributed by atoms with Crippen LogP contribution in [0.4, 0.5) is 20.2 Å². The van der Waals surface area contributed by atoms with E-state index in [9.17, 15) is 23.5 Å². The van der Waals surface area contributed by atoms with Gasteiger partial charge in [-0.1, -0.05) is 34.8 Å². The van der Waals surface area contributed by atoms with Gasteiger partial charge in [0.25, 0.3) is 11.8 Å². The molecule has 3 rings (SSSR count). The Morgan fingerprint density at radius 1 is 0.871 bits per heavy atom. The molecule has 0 radical (unpaired) electrons. The van der Waals surface area contributed by atoms with Crippen LogP contribution in [0.2, 0.25) is 15.1 Å². The van der Waals surface area contributed by atoms with E-state index in [1.165, 1.54) is 18.2 Å². The molecule has 5 nitrogen and oxygen atoms in total. The molecule has 0 saturated heterocycles. The van der Waals surface area contributed by atoms with Gasteiger partial charge in [0.05, 0.1) is 32.0 Å². The van der Waals surface area contributed by atoms with E-state index in [4.69, 9.17) is 34.8 Å². The number of amides is 2. The zero-order valence-electron chi connectivity index (χ0n) is 15.7. The summed E-state index contributed by atoms with van der Waals surface area (Å²) in [5.74, 6) is -3.79. The van der Waals surface area contributed by atoms with Gasteiger partial charge in [0.2, 0.25) is 0 Å². The Bertz CT molecular complexity index is 1200. The maximum Gasteiger partial charge on any atom is 0.258 e. The van der Waals surface area contributed by atoms with E-state index in [1.54, 1.807) is 6.92 Å². The molecule has 0 unspecified atom stereocenters. The van der Waals surface area contributed by atoms with Crippen molar-refractivity contribution < 1.29 is 23.5 Å². The second-order valence-electron chi connectivity index (χ2n) is 6.47. The monoisotopic (exact) mass is 484 g/mol. The molecule has 3 aromatic carbocycles. The number of rotatable bonds is 4. The lowest BCUT2D eigenvalue weighted by molar-refractivity contribution is 0.101. The molecule has 2 amide bonds. The van der Waals surface area contributed by atoms with Crippen LogP contribution in [0.25, 0.3) is 0 Å². The van der Waals surface area contributed by atoms with Crippen LogP contribution >= 0.6 is 34.8 Å². The molecule has 0 atom stereocenters. The Morgan fingerprint density at radius 3 is 2.19 bits per heavy atom. The summed E-state index contributed by atoms with van der Waals surface area (Å²) >= 11 is 18.1. The standard InChI is InChI=1S/C21H13Cl3F2N2O3/c1-9-4-10(5-14(23)19(9)24)20(30)28-17-7-13(22)16(8-18(17)29)27-21(31)12-3-2-11(25)6-15(12)26/h2-8,29H,1H3,(H,27,31)(H,28,30). The average molecular weight is 486 g/mol. The first-order valence-corrected chi connectivity index (χ1v) is 9.76. The molecule has 160 valence electrons. The number of benzene rings is 3. The van der Waals surface area contributed by atoms with Crippen molar-refractivity contribution in [2.24, 2.45) is 0 Å². The van der Waals surface area contributed by atoms with Crippen LogP contribution in [0.5, 0.6) is 5.75 Å². The fourth-order valence-corrected chi connectivity index (χ4v) is 3.26. The highest BCUT2D eigenvalue weighted by Gasteiger charge is 2.18. The Kier molecular flexibility index (Phi) is 6.69. The van der Waals surface area contributed by atoms with Gasteiger partial charge in [-0.05, 0) is 42.8 Å². The highest BCUT2D eigenvalue weighted by atomic mass is 35.5. The van der Waals surface area contributed by atoms with Gasteiger partial charge < -0.3 is 15.7 Å². The first-order valence-electron chi connectivity index (χ1n) is 8.62. The third-order valence-electron chi connectivity index (χ3n) is 4.23. The van der Waals surface area contributed by atoms with Crippen LogP contribution in [0.3, 0.4) is 0 Å². The first-order chi connectivity index (χ1) is 14.6. The maximum absolute atomic E-state index is 13.8. The molecule has 10 heteroatoms. The number of halogens is 5. The lowest BCUT2D eigenvalue weighted by Gasteiger charge is -2.13. The third-order valence-corrected chi connectivity index (χ3v) is 5.44. The summed E-state index contributed by atoms with van der Waals surface area (Å²) < 4.78 is 26.8. The number of carbonyl (C=O) groups is 2. The van der Waals surface area contributed by atoms with Gasteiger partial charge in [-0.2, -0.15) is 0 Å². The number of hydrogen-bond donors (Lipinski definition) is 3. The predicted molar refractivity (Wildman–Crippen MR) is 117 cm³/mol. The van der Waals surface area contributed by atoms with Gasteiger partial charge in [0, 0.05) is 17.7 Å². The van der Waals surface area contributed by atoms with Gasteiger partial charge in [-0.3, -0.25) is 9.59 Å². The maximum atomic E-state index is 13.8. The van der Waals surface area contributed by atoms with E-state index in [0.717, 1.165) is 18.2 Å². The van der Waals surface area contributed by atoms with Gasteiger partial charge in [0.1, 0.15) is 17.4 Å². The quantitative estimate of drug-likeness (QED) is 0.372. The topological polar surface area (TPSA) is 78.4 Å². The molecule has 0 aliphatic rings.